The Balaban J connectivity index is 0.00000281. The van der Waals surface area contributed by atoms with E-state index in [9.17, 15) is 44.6 Å². The Morgan fingerprint density at radius 3 is 1.72 bits per heavy atom. The van der Waals surface area contributed by atoms with E-state index < -0.39 is 80.6 Å². The van der Waals surface area contributed by atoms with Crippen LogP contribution in [-0.4, -0.2) is 90.8 Å². The van der Waals surface area contributed by atoms with Gasteiger partial charge < -0.3 is 25.3 Å². The molecule has 58 heavy (non-hydrogen) atoms. The molecule has 2 aliphatic heterocycles. The second kappa shape index (κ2) is 20.9. The lowest BCUT2D eigenvalue weighted by Gasteiger charge is -2.29. The number of nitro groups is 2. The van der Waals surface area contributed by atoms with Crippen molar-refractivity contribution >= 4 is 46.8 Å². The highest BCUT2D eigenvalue weighted by molar-refractivity contribution is 5.99. The van der Waals surface area contributed by atoms with Gasteiger partial charge in [0.15, 0.2) is 0 Å². The molecular weight excluding hydrogens is 754 g/mol. The van der Waals surface area contributed by atoms with Gasteiger partial charge in [-0.15, -0.1) is 0 Å². The summed E-state index contributed by atoms with van der Waals surface area (Å²) in [5.74, 6) is -1.25. The summed E-state index contributed by atoms with van der Waals surface area (Å²) in [6.07, 6.45) is 0.400. The van der Waals surface area contributed by atoms with Crippen molar-refractivity contribution in [2.75, 3.05) is 24.2 Å². The van der Waals surface area contributed by atoms with E-state index in [-0.39, 0.29) is 17.8 Å². The van der Waals surface area contributed by atoms with E-state index in [0.29, 0.717) is 43.4 Å². The van der Waals surface area contributed by atoms with Crippen LogP contribution in [0.25, 0.3) is 0 Å². The number of amides is 4. The van der Waals surface area contributed by atoms with Crippen LogP contribution in [0.4, 0.5) is 32.3 Å². The minimum absolute atomic E-state index is 0.0836. The third-order valence-corrected chi connectivity index (χ3v) is 9.10. The van der Waals surface area contributed by atoms with E-state index in [2.05, 4.69) is 10.6 Å². The smallest absolute Gasteiger partial charge is 0.410 e. The van der Waals surface area contributed by atoms with Gasteiger partial charge in [0, 0.05) is 25.7 Å². The SMILES string of the molecule is CC.CC.CCC(C(=O)Nc1ccc(C2CCC(c3ccc(NC(=O)C4CCCN4C(=O)OC(C)(C)C)c([N+](=O)[O-])c3)N2O)cc1[N+](=O)[O-])N(C)C(=O)OC(C)(C)C. The zero-order valence-corrected chi connectivity index (χ0v) is 35.8. The Labute approximate surface area is 340 Å². The number of rotatable bonds is 10. The Bertz CT molecular complexity index is 1710. The van der Waals surface area contributed by atoms with E-state index in [1.807, 2.05) is 27.7 Å². The van der Waals surface area contributed by atoms with Gasteiger partial charge in [0.25, 0.3) is 11.4 Å². The predicted molar refractivity (Wildman–Crippen MR) is 219 cm³/mol. The zero-order valence-electron chi connectivity index (χ0n) is 35.8. The number of ether oxygens (including phenoxy) is 2. The van der Waals surface area contributed by atoms with Crippen LogP contribution < -0.4 is 10.6 Å². The van der Waals surface area contributed by atoms with Crippen molar-refractivity contribution in [3.63, 3.8) is 0 Å². The third kappa shape index (κ3) is 12.6. The molecule has 2 saturated heterocycles. The van der Waals surface area contributed by atoms with E-state index in [0.717, 1.165) is 9.96 Å². The number of benzene rings is 2. The van der Waals surface area contributed by atoms with E-state index >= 15 is 0 Å². The van der Waals surface area contributed by atoms with Crippen molar-refractivity contribution in [1.82, 2.24) is 14.9 Å². The Morgan fingerprint density at radius 2 is 1.29 bits per heavy atom. The number of carbonyl (C=O) groups is 4. The van der Waals surface area contributed by atoms with Crippen LogP contribution in [0.15, 0.2) is 36.4 Å². The molecule has 0 aliphatic carbocycles. The maximum absolute atomic E-state index is 13.2. The molecule has 4 atom stereocenters. The Hall–Kier alpha value is -5.36. The van der Waals surface area contributed by atoms with Gasteiger partial charge in [0.1, 0.15) is 34.7 Å². The monoisotopic (exact) mass is 815 g/mol. The lowest BCUT2D eigenvalue weighted by atomic mass is 10.0. The predicted octanol–water partition coefficient (Wildman–Crippen LogP) is 8.74. The maximum Gasteiger partial charge on any atom is 0.410 e. The molecule has 4 rings (SSSR count). The Morgan fingerprint density at radius 1 is 0.828 bits per heavy atom. The van der Waals surface area contributed by atoms with Crippen LogP contribution in [-0.2, 0) is 19.1 Å². The highest BCUT2D eigenvalue weighted by Gasteiger charge is 2.39. The van der Waals surface area contributed by atoms with Crippen LogP contribution in [0.2, 0.25) is 0 Å². The standard InChI is InChI=1S/C36H49N7O11.2C2H6/c1-9-25(39(8)33(46)53-35(2,3)4)31(44)37-23-14-12-21(19-29(23)42(49)50)26-16-17-27(41(26)48)22-13-15-24(30(20-22)43(51)52)38-32(45)28-11-10-18-40(28)34(47)54-36(5,6)7;2*1-2/h12-15,19-20,25-28,48H,9-11,16-18H2,1-8H3,(H,37,44)(H,38,45);2*1-2H3. The molecule has 2 aromatic carbocycles. The average molecular weight is 816 g/mol. The number of hydroxylamine groups is 2. The number of likely N-dealkylation sites (N-methyl/N-ethyl adjacent to an activating group) is 1. The second-order valence-electron chi connectivity index (χ2n) is 15.4. The van der Waals surface area contributed by atoms with Crippen LogP contribution >= 0.6 is 0 Å². The van der Waals surface area contributed by atoms with E-state index in [4.69, 9.17) is 9.47 Å². The molecule has 0 spiro atoms. The van der Waals surface area contributed by atoms with Gasteiger partial charge in [-0.2, -0.15) is 5.06 Å². The normalized spacial score (nSPS) is 18.4. The van der Waals surface area contributed by atoms with Gasteiger partial charge in [-0.25, -0.2) is 9.59 Å². The van der Waals surface area contributed by atoms with Crippen LogP contribution in [0.1, 0.15) is 131 Å². The van der Waals surface area contributed by atoms with Gasteiger partial charge in [0.2, 0.25) is 11.8 Å². The van der Waals surface area contributed by atoms with Gasteiger partial charge >= 0.3 is 12.2 Å². The molecule has 322 valence electrons. The van der Waals surface area contributed by atoms with Crippen molar-refractivity contribution in [2.45, 2.75) is 144 Å². The minimum atomic E-state index is -0.985. The van der Waals surface area contributed by atoms with Crippen LogP contribution in [0, 0.1) is 20.2 Å². The first-order valence-electron chi connectivity index (χ1n) is 19.7. The summed E-state index contributed by atoms with van der Waals surface area (Å²) in [7, 11) is 1.40. The molecular formula is C40H61N7O11. The first-order valence-corrected chi connectivity index (χ1v) is 19.7. The van der Waals surface area contributed by atoms with Crippen molar-refractivity contribution in [2.24, 2.45) is 0 Å². The highest BCUT2D eigenvalue weighted by Crippen LogP contribution is 2.45. The molecule has 18 heteroatoms. The van der Waals surface area contributed by atoms with Gasteiger partial charge in [-0.05, 0) is 96.9 Å². The Kier molecular flexibility index (Phi) is 17.6. The van der Waals surface area contributed by atoms with Crippen molar-refractivity contribution in [1.29, 1.82) is 0 Å². The first-order chi connectivity index (χ1) is 27.1. The molecule has 4 unspecified atom stereocenters. The van der Waals surface area contributed by atoms with Crippen molar-refractivity contribution < 1.29 is 43.7 Å². The number of nitrogens with one attached hydrogen (secondary N) is 2. The average Bonchev–Trinajstić information content (AvgIpc) is 3.80. The lowest BCUT2D eigenvalue weighted by molar-refractivity contribution is -0.384. The fourth-order valence-electron chi connectivity index (χ4n) is 6.57. The number of carbonyl (C=O) groups excluding carboxylic acids is 4. The van der Waals surface area contributed by atoms with Crippen molar-refractivity contribution in [3.8, 4) is 0 Å². The van der Waals surface area contributed by atoms with Crippen LogP contribution in [0.3, 0.4) is 0 Å². The summed E-state index contributed by atoms with van der Waals surface area (Å²) >= 11 is 0. The minimum Gasteiger partial charge on any atom is -0.444 e. The highest BCUT2D eigenvalue weighted by atomic mass is 16.6. The summed E-state index contributed by atoms with van der Waals surface area (Å²) < 4.78 is 10.8. The van der Waals surface area contributed by atoms with E-state index in [1.54, 1.807) is 54.5 Å². The zero-order chi connectivity index (χ0) is 44.3. The molecule has 0 radical (unpaired) electrons. The number of anilines is 2. The number of hydrogen-bond donors (Lipinski definition) is 3. The summed E-state index contributed by atoms with van der Waals surface area (Å²) in [5.41, 5.74) is -1.87. The molecule has 0 bridgehead atoms. The maximum atomic E-state index is 13.2. The molecule has 2 fully saturated rings. The number of likely N-dealkylation sites (tertiary alicyclic amines) is 1. The largest absolute Gasteiger partial charge is 0.444 e. The molecule has 0 aromatic heterocycles. The van der Waals surface area contributed by atoms with Crippen molar-refractivity contribution in [3.05, 3.63) is 67.8 Å². The molecule has 18 nitrogen and oxygen atoms in total. The topological polar surface area (TPSA) is 227 Å². The number of nitro benzene ring substituents is 2. The quantitative estimate of drug-likeness (QED) is 0.151. The molecule has 2 aliphatic rings. The van der Waals surface area contributed by atoms with Gasteiger partial charge in [-0.3, -0.25) is 39.6 Å². The molecule has 2 aromatic rings. The summed E-state index contributed by atoms with van der Waals surface area (Å²) in [4.78, 5) is 77.2. The molecule has 2 heterocycles. The molecule has 3 N–H and O–H groups in total. The van der Waals surface area contributed by atoms with Gasteiger partial charge in [0.05, 0.1) is 21.9 Å². The molecule has 4 amide bonds. The third-order valence-electron chi connectivity index (χ3n) is 9.10. The first kappa shape index (κ1) is 48.8. The van der Waals surface area contributed by atoms with Gasteiger partial charge in [-0.1, -0.05) is 46.8 Å². The summed E-state index contributed by atoms with van der Waals surface area (Å²) in [6.45, 7) is 20.2. The van der Waals surface area contributed by atoms with Crippen LogP contribution in [0.5, 0.6) is 0 Å². The second-order valence-corrected chi connectivity index (χ2v) is 15.4. The summed E-state index contributed by atoms with van der Waals surface area (Å²) in [6, 6.07) is 4.96. The number of hydrogen-bond acceptors (Lipinski definition) is 12. The fraction of sp³-hybridized carbons (Fsp3) is 0.600. The molecule has 0 saturated carbocycles. The summed E-state index contributed by atoms with van der Waals surface area (Å²) in [5, 5.41) is 41.7. The number of nitrogens with zero attached hydrogens (tertiary/aromatic N) is 5. The van der Waals surface area contributed by atoms with E-state index in [1.165, 1.54) is 42.3 Å². The lowest BCUT2D eigenvalue weighted by Crippen LogP contribution is -2.46. The fourth-order valence-corrected chi connectivity index (χ4v) is 6.57.